The lowest BCUT2D eigenvalue weighted by atomic mass is 10.4. The van der Waals surface area contributed by atoms with Crippen LogP contribution in [0.5, 0.6) is 0 Å². The van der Waals surface area contributed by atoms with E-state index in [1.54, 1.807) is 0 Å². The van der Waals surface area contributed by atoms with Crippen molar-refractivity contribution in [3.8, 4) is 0 Å². The van der Waals surface area contributed by atoms with Gasteiger partial charge in [0.15, 0.2) is 5.78 Å². The van der Waals surface area contributed by atoms with Crippen LogP contribution in [-0.2, 0) is 4.79 Å². The van der Waals surface area contributed by atoms with Crippen LogP contribution in [0.15, 0.2) is 0 Å². The van der Waals surface area contributed by atoms with Gasteiger partial charge in [0, 0.05) is 0 Å². The molecule has 2 unspecified atom stereocenters. The van der Waals surface area contributed by atoms with Crippen molar-refractivity contribution < 1.29 is 15.0 Å². The Kier molecular flexibility index (Phi) is 3.09. The summed E-state index contributed by atoms with van der Waals surface area (Å²) >= 11 is 0. The number of ketones is 1. The SMILES string of the molecule is O=C(CO)C(O)P. The zero-order chi connectivity index (χ0) is 5.86. The summed E-state index contributed by atoms with van der Waals surface area (Å²) in [5.41, 5.74) is 0. The number of Topliss-reactive ketones (excluding diaryl/α,β-unsaturated/α-hetero) is 1. The molecular formula is C3H7O3P. The Morgan fingerprint density at radius 1 is 1.86 bits per heavy atom. The highest BCUT2D eigenvalue weighted by atomic mass is 31.0. The van der Waals surface area contributed by atoms with Gasteiger partial charge >= 0.3 is 0 Å². The number of hydrogen-bond acceptors (Lipinski definition) is 3. The van der Waals surface area contributed by atoms with Crippen LogP contribution in [0.2, 0.25) is 0 Å². The molecule has 0 amide bonds. The van der Waals surface area contributed by atoms with Crippen LogP contribution in [0.3, 0.4) is 0 Å². The first-order valence-electron chi connectivity index (χ1n) is 1.75. The van der Waals surface area contributed by atoms with Gasteiger partial charge < -0.3 is 10.2 Å². The van der Waals surface area contributed by atoms with Crippen LogP contribution in [0.4, 0.5) is 0 Å². The van der Waals surface area contributed by atoms with Crippen molar-refractivity contribution in [1.82, 2.24) is 0 Å². The first-order valence-corrected chi connectivity index (χ1v) is 2.42. The lowest BCUT2D eigenvalue weighted by Crippen LogP contribution is -2.16. The van der Waals surface area contributed by atoms with E-state index in [-0.39, 0.29) is 0 Å². The highest BCUT2D eigenvalue weighted by Gasteiger charge is 2.04. The van der Waals surface area contributed by atoms with Gasteiger partial charge in [-0.2, -0.15) is 0 Å². The molecule has 7 heavy (non-hydrogen) atoms. The maximum absolute atomic E-state index is 9.99. The predicted molar refractivity (Wildman–Crippen MR) is 27.8 cm³/mol. The number of hydrogen-bond donors (Lipinski definition) is 2. The fourth-order valence-corrected chi connectivity index (χ4v) is 0.199. The molecule has 4 heteroatoms. The quantitative estimate of drug-likeness (QED) is 0.449. The average Bonchev–Trinajstić information content (AvgIpc) is 1.65. The second kappa shape index (κ2) is 3.08. The summed E-state index contributed by atoms with van der Waals surface area (Å²) in [6, 6.07) is 0. The van der Waals surface area contributed by atoms with Gasteiger partial charge in [0.25, 0.3) is 0 Å². The molecule has 0 aliphatic heterocycles. The van der Waals surface area contributed by atoms with Gasteiger partial charge in [0.05, 0.1) is 0 Å². The van der Waals surface area contributed by atoms with E-state index in [9.17, 15) is 4.79 Å². The molecule has 0 aliphatic rings. The maximum Gasteiger partial charge on any atom is 0.190 e. The van der Waals surface area contributed by atoms with Crippen molar-refractivity contribution in [3.63, 3.8) is 0 Å². The normalized spacial score (nSPS) is 13.6. The second-order valence-electron chi connectivity index (χ2n) is 1.07. The molecule has 0 saturated heterocycles. The summed E-state index contributed by atoms with van der Waals surface area (Å²) in [5, 5.41) is 16.3. The Labute approximate surface area is 43.5 Å². The molecule has 0 spiro atoms. The zero-order valence-corrected chi connectivity index (χ0v) is 4.82. The Morgan fingerprint density at radius 3 is 2.29 bits per heavy atom. The first-order chi connectivity index (χ1) is 3.18. The number of carbonyl (C=O) groups is 1. The van der Waals surface area contributed by atoms with Crippen molar-refractivity contribution >= 4 is 15.0 Å². The number of aliphatic hydroxyl groups is 2. The lowest BCUT2D eigenvalue weighted by Gasteiger charge is -1.94. The summed E-state index contributed by atoms with van der Waals surface area (Å²) in [7, 11) is 1.86. The van der Waals surface area contributed by atoms with E-state index in [0.29, 0.717) is 0 Å². The molecule has 0 bridgehead atoms. The Bertz CT molecular complexity index is 70.6. The third-order valence-corrected chi connectivity index (χ3v) is 0.858. The standard InChI is InChI=1S/C3H7O3P/c4-1-2(5)3(6)7/h3-4,6H,1,7H2. The largest absolute Gasteiger partial charge is 0.388 e. The molecule has 0 aromatic carbocycles. The van der Waals surface area contributed by atoms with E-state index in [1.807, 2.05) is 9.24 Å². The molecule has 0 radical (unpaired) electrons. The fraction of sp³-hybridized carbons (Fsp3) is 0.667. The third-order valence-electron chi connectivity index (χ3n) is 0.486. The molecule has 0 aliphatic carbocycles. The maximum atomic E-state index is 9.99. The van der Waals surface area contributed by atoms with Crippen LogP contribution in [0, 0.1) is 0 Å². The van der Waals surface area contributed by atoms with E-state index in [2.05, 4.69) is 0 Å². The topological polar surface area (TPSA) is 57.5 Å². The number of rotatable bonds is 2. The van der Waals surface area contributed by atoms with E-state index in [0.717, 1.165) is 0 Å². The summed E-state index contributed by atoms with van der Waals surface area (Å²) < 4.78 is 0. The zero-order valence-electron chi connectivity index (χ0n) is 3.66. The predicted octanol–water partition coefficient (Wildman–Crippen LogP) is -1.26. The summed E-state index contributed by atoms with van der Waals surface area (Å²) in [6.45, 7) is -0.593. The lowest BCUT2D eigenvalue weighted by molar-refractivity contribution is -0.126. The Balaban J connectivity index is 3.35. The average molecular weight is 122 g/mol. The molecule has 2 N–H and O–H groups in total. The van der Waals surface area contributed by atoms with Gasteiger partial charge in [-0.25, -0.2) is 0 Å². The van der Waals surface area contributed by atoms with Gasteiger partial charge in [-0.05, 0) is 0 Å². The van der Waals surface area contributed by atoms with Crippen molar-refractivity contribution in [2.45, 2.75) is 5.85 Å². The van der Waals surface area contributed by atoms with Crippen LogP contribution in [-0.4, -0.2) is 28.4 Å². The third kappa shape index (κ3) is 2.68. The number of aliphatic hydroxyl groups excluding tert-OH is 2. The molecule has 0 fully saturated rings. The van der Waals surface area contributed by atoms with Crippen LogP contribution in [0.25, 0.3) is 0 Å². The Morgan fingerprint density at radius 2 is 2.29 bits per heavy atom. The monoisotopic (exact) mass is 122 g/mol. The second-order valence-corrected chi connectivity index (χ2v) is 1.70. The van der Waals surface area contributed by atoms with E-state index in [4.69, 9.17) is 10.2 Å². The van der Waals surface area contributed by atoms with Crippen molar-refractivity contribution in [1.29, 1.82) is 0 Å². The molecule has 0 saturated carbocycles. The summed E-state index contributed by atoms with van der Waals surface area (Å²) in [5.74, 6) is -1.69. The molecular weight excluding hydrogens is 115 g/mol. The van der Waals surface area contributed by atoms with Gasteiger partial charge in [-0.15, -0.1) is 0 Å². The van der Waals surface area contributed by atoms with Crippen LogP contribution < -0.4 is 0 Å². The Hall–Kier alpha value is 0.0200. The van der Waals surface area contributed by atoms with E-state index < -0.39 is 18.2 Å². The molecule has 0 rings (SSSR count). The highest BCUT2D eigenvalue weighted by Crippen LogP contribution is 1.93. The minimum Gasteiger partial charge on any atom is -0.388 e. The van der Waals surface area contributed by atoms with E-state index in [1.165, 1.54) is 0 Å². The minimum atomic E-state index is -1.11. The molecule has 0 aromatic heterocycles. The van der Waals surface area contributed by atoms with Crippen LogP contribution in [0.1, 0.15) is 0 Å². The smallest absolute Gasteiger partial charge is 0.190 e. The van der Waals surface area contributed by atoms with Crippen molar-refractivity contribution in [3.05, 3.63) is 0 Å². The molecule has 0 heterocycles. The van der Waals surface area contributed by atoms with Crippen molar-refractivity contribution in [2.75, 3.05) is 6.61 Å². The highest BCUT2D eigenvalue weighted by molar-refractivity contribution is 7.19. The van der Waals surface area contributed by atoms with Crippen molar-refractivity contribution in [2.24, 2.45) is 0 Å². The van der Waals surface area contributed by atoms with E-state index >= 15 is 0 Å². The fourth-order valence-electron chi connectivity index (χ4n) is 0.0935. The molecule has 42 valence electrons. The molecule has 2 atom stereocenters. The van der Waals surface area contributed by atoms with Gasteiger partial charge in [-0.3, -0.25) is 4.79 Å². The minimum absolute atomic E-state index is 0.579. The molecule has 3 nitrogen and oxygen atoms in total. The number of carbonyl (C=O) groups excluding carboxylic acids is 1. The van der Waals surface area contributed by atoms with Gasteiger partial charge in [0.2, 0.25) is 0 Å². The molecule has 0 aromatic rings. The van der Waals surface area contributed by atoms with Gasteiger partial charge in [-0.1, -0.05) is 9.24 Å². The van der Waals surface area contributed by atoms with Gasteiger partial charge in [0.1, 0.15) is 12.5 Å². The summed E-state index contributed by atoms with van der Waals surface area (Å²) in [6.07, 6.45) is 0. The van der Waals surface area contributed by atoms with Crippen LogP contribution >= 0.6 is 9.24 Å². The summed E-state index contributed by atoms with van der Waals surface area (Å²) in [4.78, 5) is 9.99. The first kappa shape index (κ1) is 7.02.